The number of nitrogens with zero attached hydrogens (tertiary/aromatic N) is 1. The zero-order valence-corrected chi connectivity index (χ0v) is 18.5. The molecule has 0 saturated carbocycles. The van der Waals surface area contributed by atoms with Crippen LogP contribution < -0.4 is 0 Å². The normalized spacial score (nSPS) is 20.6. The molecule has 1 aromatic rings. The molecular weight excluding hydrogens is 400 g/mol. The first-order valence-corrected chi connectivity index (χ1v) is 11.4. The Hall–Kier alpha value is -2.24. The van der Waals surface area contributed by atoms with Crippen molar-refractivity contribution in [1.29, 1.82) is 0 Å². The molecule has 0 aromatic heterocycles. The highest BCUT2D eigenvalue weighted by Crippen LogP contribution is 2.41. The Labute approximate surface area is 184 Å². The van der Waals surface area contributed by atoms with Crippen LogP contribution in [0.4, 0.5) is 8.78 Å². The smallest absolute Gasteiger partial charge is 0.327 e. The topological polar surface area (TPSA) is 57.6 Å². The van der Waals surface area contributed by atoms with Crippen LogP contribution in [0.15, 0.2) is 42.5 Å². The number of carboxylic acids is 1. The molecular formula is C25H35F2NO3. The molecule has 172 valence electrons. The second-order valence-electron chi connectivity index (χ2n) is 8.74. The van der Waals surface area contributed by atoms with Crippen molar-refractivity contribution in [1.82, 2.24) is 4.90 Å². The van der Waals surface area contributed by atoms with E-state index in [2.05, 4.69) is 12.1 Å². The van der Waals surface area contributed by atoms with Gasteiger partial charge in [0.05, 0.1) is 5.54 Å². The number of alkyl halides is 2. The molecule has 0 spiro atoms. The second-order valence-corrected chi connectivity index (χ2v) is 8.74. The minimum Gasteiger partial charge on any atom is -0.481 e. The first kappa shape index (κ1) is 25.0. The van der Waals surface area contributed by atoms with Gasteiger partial charge in [-0.2, -0.15) is 8.78 Å². The number of aliphatic carboxylic acids is 1. The van der Waals surface area contributed by atoms with Crippen molar-refractivity contribution in [2.45, 2.75) is 89.0 Å². The van der Waals surface area contributed by atoms with Gasteiger partial charge in [0.25, 0.3) is 5.91 Å². The maximum absolute atomic E-state index is 14.1. The van der Waals surface area contributed by atoms with Gasteiger partial charge in [-0.25, -0.2) is 0 Å². The molecule has 1 aromatic carbocycles. The summed E-state index contributed by atoms with van der Waals surface area (Å²) in [6.45, 7) is 1.99. The first-order chi connectivity index (χ1) is 14.7. The molecule has 0 bridgehead atoms. The summed E-state index contributed by atoms with van der Waals surface area (Å²) in [5.74, 6) is -5.24. The highest BCUT2D eigenvalue weighted by molar-refractivity contribution is 5.87. The number of hydrogen-bond acceptors (Lipinski definition) is 2. The minimum absolute atomic E-state index is 0.118. The maximum Gasteiger partial charge on any atom is 0.327 e. The van der Waals surface area contributed by atoms with Crippen molar-refractivity contribution in [3.63, 3.8) is 0 Å². The lowest BCUT2D eigenvalue weighted by Crippen LogP contribution is -2.43. The molecule has 1 N–H and O–H groups in total. The number of amides is 1. The van der Waals surface area contributed by atoms with Crippen molar-refractivity contribution in [3.8, 4) is 0 Å². The number of likely N-dealkylation sites (tertiary alicyclic amines) is 1. The fraction of sp³-hybridized carbons (Fsp3) is 0.600. The Morgan fingerprint density at radius 2 is 1.74 bits per heavy atom. The molecule has 4 nitrogen and oxygen atoms in total. The quantitative estimate of drug-likeness (QED) is 0.288. The third kappa shape index (κ3) is 8.08. The Morgan fingerprint density at radius 3 is 2.45 bits per heavy atom. The molecule has 2 rings (SSSR count). The number of rotatable bonds is 14. The van der Waals surface area contributed by atoms with E-state index < -0.39 is 29.8 Å². The zero-order valence-electron chi connectivity index (χ0n) is 18.5. The van der Waals surface area contributed by atoms with Crippen LogP contribution in [0.5, 0.6) is 0 Å². The summed E-state index contributed by atoms with van der Waals surface area (Å²) < 4.78 is 28.3. The van der Waals surface area contributed by atoms with E-state index in [0.717, 1.165) is 44.9 Å². The van der Waals surface area contributed by atoms with E-state index >= 15 is 0 Å². The van der Waals surface area contributed by atoms with Crippen molar-refractivity contribution < 1.29 is 23.5 Å². The summed E-state index contributed by atoms with van der Waals surface area (Å²) in [5, 5.41) is 8.66. The van der Waals surface area contributed by atoms with Gasteiger partial charge in [-0.3, -0.25) is 9.59 Å². The zero-order chi connectivity index (χ0) is 22.7. The van der Waals surface area contributed by atoms with Gasteiger partial charge >= 0.3 is 11.9 Å². The minimum atomic E-state index is -3.32. The number of unbranched alkanes of at least 4 members (excludes halogenated alkanes) is 6. The van der Waals surface area contributed by atoms with Crippen LogP contribution in [-0.2, 0) is 16.0 Å². The highest BCUT2D eigenvalue weighted by Gasteiger charge is 2.57. The van der Waals surface area contributed by atoms with Gasteiger partial charge < -0.3 is 10.0 Å². The fourth-order valence-electron chi connectivity index (χ4n) is 4.21. The molecule has 0 radical (unpaired) electrons. The van der Waals surface area contributed by atoms with Crippen LogP contribution in [0.2, 0.25) is 0 Å². The van der Waals surface area contributed by atoms with Crippen LogP contribution >= 0.6 is 0 Å². The van der Waals surface area contributed by atoms with E-state index in [0.29, 0.717) is 12.8 Å². The fourth-order valence-corrected chi connectivity index (χ4v) is 4.21. The van der Waals surface area contributed by atoms with Gasteiger partial charge in [0.2, 0.25) is 0 Å². The van der Waals surface area contributed by atoms with Crippen LogP contribution in [-0.4, -0.2) is 39.9 Å². The van der Waals surface area contributed by atoms with E-state index in [1.807, 2.05) is 24.3 Å². The maximum atomic E-state index is 14.1. The van der Waals surface area contributed by atoms with Crippen LogP contribution in [0, 0.1) is 0 Å². The molecule has 6 heteroatoms. The summed E-state index contributed by atoms with van der Waals surface area (Å²) in [7, 11) is 0. The SMILES string of the molecule is CC1(/C=C/CCCCCc2ccccc2)CC(F)(F)C(=O)N1CCCCCCC(=O)O. The molecule has 1 amide bonds. The Kier molecular flexibility index (Phi) is 9.66. The summed E-state index contributed by atoms with van der Waals surface area (Å²) >= 11 is 0. The molecule has 1 aliphatic heterocycles. The van der Waals surface area contributed by atoms with E-state index in [1.165, 1.54) is 10.5 Å². The number of allylic oxidation sites excluding steroid dienone is 1. The highest BCUT2D eigenvalue weighted by atomic mass is 19.3. The average Bonchev–Trinajstić information content (AvgIpc) is 2.89. The standard InChI is InChI=1S/C25H35F2NO3/c1-24(18-12-5-2-3-8-14-21-15-9-7-10-16-21)20-25(26,27)23(31)28(24)19-13-6-4-11-17-22(29)30/h7,9-10,12,15-16,18H,2-6,8,11,13-14,17,19-20H2,1H3,(H,29,30)/b18-12+. The lowest BCUT2D eigenvalue weighted by Gasteiger charge is -2.32. The second kappa shape index (κ2) is 12.0. The monoisotopic (exact) mass is 435 g/mol. The Morgan fingerprint density at radius 1 is 1.06 bits per heavy atom. The molecule has 0 aliphatic carbocycles. The number of carbonyl (C=O) groups excluding carboxylic acids is 1. The predicted octanol–water partition coefficient (Wildman–Crippen LogP) is 6.01. The van der Waals surface area contributed by atoms with Gasteiger partial charge in [-0.05, 0) is 51.0 Å². The third-order valence-corrected chi connectivity index (χ3v) is 5.93. The summed E-state index contributed by atoms with van der Waals surface area (Å²) in [4.78, 5) is 24.1. The van der Waals surface area contributed by atoms with Crippen LogP contribution in [0.25, 0.3) is 0 Å². The molecule has 1 heterocycles. The molecule has 1 atom stereocenters. The van der Waals surface area contributed by atoms with Gasteiger partial charge in [0, 0.05) is 19.4 Å². The van der Waals surface area contributed by atoms with Gasteiger partial charge in [0.15, 0.2) is 0 Å². The summed E-state index contributed by atoms with van der Waals surface area (Å²) in [6, 6.07) is 10.3. The predicted molar refractivity (Wildman–Crippen MR) is 118 cm³/mol. The number of halogens is 2. The number of hydrogen-bond donors (Lipinski definition) is 1. The van der Waals surface area contributed by atoms with Crippen molar-refractivity contribution in [3.05, 3.63) is 48.0 Å². The third-order valence-electron chi connectivity index (χ3n) is 5.93. The Bertz CT molecular complexity index is 736. The summed E-state index contributed by atoms with van der Waals surface area (Å²) in [6.07, 6.45) is 11.0. The van der Waals surface area contributed by atoms with E-state index in [-0.39, 0.29) is 13.0 Å². The number of carboxylic acid groups (broad SMARTS) is 1. The van der Waals surface area contributed by atoms with Gasteiger partial charge in [-0.15, -0.1) is 0 Å². The number of benzene rings is 1. The van der Waals surface area contributed by atoms with E-state index in [9.17, 15) is 18.4 Å². The van der Waals surface area contributed by atoms with E-state index in [4.69, 9.17) is 5.11 Å². The van der Waals surface area contributed by atoms with Crippen LogP contribution in [0.3, 0.4) is 0 Å². The molecule has 1 unspecified atom stereocenters. The van der Waals surface area contributed by atoms with Crippen molar-refractivity contribution >= 4 is 11.9 Å². The number of aryl methyl sites for hydroxylation is 1. The van der Waals surface area contributed by atoms with E-state index in [1.54, 1.807) is 13.0 Å². The molecule has 1 fully saturated rings. The lowest BCUT2D eigenvalue weighted by molar-refractivity contribution is -0.148. The molecule has 1 aliphatic rings. The molecule has 31 heavy (non-hydrogen) atoms. The van der Waals surface area contributed by atoms with Gasteiger partial charge in [0.1, 0.15) is 0 Å². The van der Waals surface area contributed by atoms with Gasteiger partial charge in [-0.1, -0.05) is 61.7 Å². The average molecular weight is 436 g/mol. The lowest BCUT2D eigenvalue weighted by atomic mass is 9.95. The van der Waals surface area contributed by atoms with Crippen molar-refractivity contribution in [2.75, 3.05) is 6.54 Å². The van der Waals surface area contributed by atoms with Crippen LogP contribution in [0.1, 0.15) is 76.7 Å². The largest absolute Gasteiger partial charge is 0.481 e. The first-order valence-electron chi connectivity index (χ1n) is 11.4. The summed E-state index contributed by atoms with van der Waals surface area (Å²) in [5.41, 5.74) is 0.363. The number of carbonyl (C=O) groups is 2. The molecule has 1 saturated heterocycles. The Balaban J connectivity index is 1.76. The van der Waals surface area contributed by atoms with Crippen molar-refractivity contribution in [2.24, 2.45) is 0 Å².